The number of carbonyl (C=O) groups is 4. The van der Waals surface area contributed by atoms with Gasteiger partial charge in [-0.25, -0.2) is 0 Å². The maximum atomic E-state index is 11.0. The number of aliphatic hydroxyl groups excluding tert-OH is 1. The summed E-state index contributed by atoms with van der Waals surface area (Å²) in [5.74, 6) is -6.64. The van der Waals surface area contributed by atoms with E-state index in [1.165, 1.54) is 0 Å². The van der Waals surface area contributed by atoms with Gasteiger partial charge in [-0.15, -0.1) is 0 Å². The Balaban J connectivity index is 6.10. The lowest BCUT2D eigenvalue weighted by molar-refractivity contribution is -0.216. The predicted octanol–water partition coefficient (Wildman–Crippen LogP) is -1.64. The fourth-order valence-corrected chi connectivity index (χ4v) is 2.24. The quantitative estimate of drug-likeness (QED) is 0.238. The molecule has 132 valence electrons. The summed E-state index contributed by atoms with van der Waals surface area (Å²) in [7, 11) is 0. The van der Waals surface area contributed by atoms with Crippen molar-refractivity contribution < 1.29 is 54.6 Å². The highest BCUT2D eigenvalue weighted by Gasteiger charge is 2.56. The topological polar surface area (TPSA) is 199 Å². The minimum absolute atomic E-state index is 0.623. The van der Waals surface area contributed by atoms with E-state index < -0.39 is 74.0 Å². The Kier molecular flexibility index (Phi) is 7.59. The van der Waals surface area contributed by atoms with E-state index >= 15 is 0 Å². The summed E-state index contributed by atoms with van der Waals surface area (Å²) in [6, 6.07) is 0. The second-order valence-electron chi connectivity index (χ2n) is 4.88. The molecule has 0 unspecified atom stereocenters. The number of aliphatic carboxylic acids is 4. The first-order chi connectivity index (χ1) is 10.5. The monoisotopic (exact) mass is 338 g/mol. The standard InChI is InChI=1S/C12H18O11/c13-1-2-23-12(5-9(18)19,6-10(20)21)11(22,3-7(14)15)4-8(16)17/h13,22H,1-6H2,(H,14,15)(H,16,17)(H,18,19)(H,20,21). The molecule has 0 aromatic carbocycles. The second-order valence-corrected chi connectivity index (χ2v) is 4.88. The third-order valence-electron chi connectivity index (χ3n) is 3.08. The van der Waals surface area contributed by atoms with Crippen LogP contribution in [0.25, 0.3) is 0 Å². The van der Waals surface area contributed by atoms with Gasteiger partial charge in [0.25, 0.3) is 0 Å². The van der Waals surface area contributed by atoms with Crippen LogP contribution in [0, 0.1) is 0 Å². The van der Waals surface area contributed by atoms with E-state index in [0.29, 0.717) is 0 Å². The fourth-order valence-electron chi connectivity index (χ4n) is 2.24. The highest BCUT2D eigenvalue weighted by Crippen LogP contribution is 2.39. The van der Waals surface area contributed by atoms with Crippen LogP contribution in [0.2, 0.25) is 0 Å². The largest absolute Gasteiger partial charge is 0.481 e. The number of aliphatic hydroxyl groups is 2. The first-order valence-corrected chi connectivity index (χ1v) is 6.32. The zero-order valence-electron chi connectivity index (χ0n) is 12.0. The van der Waals surface area contributed by atoms with Gasteiger partial charge >= 0.3 is 23.9 Å². The minimum Gasteiger partial charge on any atom is -0.481 e. The van der Waals surface area contributed by atoms with E-state index in [-0.39, 0.29) is 0 Å². The zero-order chi connectivity index (χ0) is 18.3. The van der Waals surface area contributed by atoms with Gasteiger partial charge in [0.15, 0.2) is 0 Å². The third kappa shape index (κ3) is 6.18. The van der Waals surface area contributed by atoms with Crippen LogP contribution < -0.4 is 0 Å². The summed E-state index contributed by atoms with van der Waals surface area (Å²) in [5, 5.41) is 54.9. The van der Waals surface area contributed by atoms with Crippen LogP contribution in [0.4, 0.5) is 0 Å². The Bertz CT molecular complexity index is 438. The molecular formula is C12H18O11. The van der Waals surface area contributed by atoms with Gasteiger partial charge in [0.2, 0.25) is 0 Å². The third-order valence-corrected chi connectivity index (χ3v) is 3.08. The molecule has 0 aliphatic carbocycles. The molecule has 11 heteroatoms. The van der Waals surface area contributed by atoms with Crippen LogP contribution in [-0.2, 0) is 23.9 Å². The first kappa shape index (κ1) is 20.8. The van der Waals surface area contributed by atoms with E-state index in [1.807, 2.05) is 0 Å². The molecule has 0 spiro atoms. The molecule has 0 aromatic rings. The van der Waals surface area contributed by atoms with E-state index in [2.05, 4.69) is 0 Å². The predicted molar refractivity (Wildman–Crippen MR) is 69.7 cm³/mol. The van der Waals surface area contributed by atoms with Crippen molar-refractivity contribution in [3.05, 3.63) is 0 Å². The second kappa shape index (κ2) is 8.41. The van der Waals surface area contributed by atoms with Crippen molar-refractivity contribution in [2.45, 2.75) is 36.9 Å². The van der Waals surface area contributed by atoms with Gasteiger partial charge in [0, 0.05) is 0 Å². The van der Waals surface area contributed by atoms with Crippen LogP contribution in [-0.4, -0.2) is 78.9 Å². The molecule has 0 aliphatic heterocycles. The number of hydrogen-bond donors (Lipinski definition) is 6. The van der Waals surface area contributed by atoms with E-state index in [9.17, 15) is 24.3 Å². The summed E-state index contributed by atoms with van der Waals surface area (Å²) in [6.07, 6.45) is -4.86. The highest BCUT2D eigenvalue weighted by atomic mass is 16.5. The van der Waals surface area contributed by atoms with E-state index in [4.69, 9.17) is 30.3 Å². The lowest BCUT2D eigenvalue weighted by Crippen LogP contribution is -2.60. The zero-order valence-corrected chi connectivity index (χ0v) is 12.0. The molecule has 11 nitrogen and oxygen atoms in total. The number of rotatable bonds is 12. The summed E-state index contributed by atoms with van der Waals surface area (Å²) in [4.78, 5) is 43.9. The number of carboxylic acids is 4. The Labute approximate surface area is 129 Å². The van der Waals surface area contributed by atoms with Crippen molar-refractivity contribution in [3.8, 4) is 0 Å². The van der Waals surface area contributed by atoms with Gasteiger partial charge in [-0.05, 0) is 0 Å². The maximum Gasteiger partial charge on any atom is 0.306 e. The average molecular weight is 338 g/mol. The van der Waals surface area contributed by atoms with Crippen LogP contribution in [0.5, 0.6) is 0 Å². The maximum absolute atomic E-state index is 11.0. The van der Waals surface area contributed by atoms with Crippen molar-refractivity contribution >= 4 is 23.9 Å². The molecule has 0 fully saturated rings. The average Bonchev–Trinajstić information content (AvgIpc) is 2.32. The van der Waals surface area contributed by atoms with Crippen molar-refractivity contribution in [1.29, 1.82) is 0 Å². The SMILES string of the molecule is O=C(O)CC(O)(CC(=O)O)C(CC(=O)O)(CC(=O)O)OCCO. The Morgan fingerprint density at radius 3 is 1.35 bits per heavy atom. The van der Waals surface area contributed by atoms with Gasteiger partial charge in [0.05, 0.1) is 38.9 Å². The summed E-state index contributed by atoms with van der Waals surface area (Å²) in [5.41, 5.74) is -5.37. The van der Waals surface area contributed by atoms with Crippen LogP contribution in [0.15, 0.2) is 0 Å². The van der Waals surface area contributed by atoms with Gasteiger partial charge in [-0.1, -0.05) is 0 Å². The van der Waals surface area contributed by atoms with Crippen LogP contribution in [0.1, 0.15) is 25.7 Å². The van der Waals surface area contributed by atoms with Crippen molar-refractivity contribution in [2.24, 2.45) is 0 Å². The lowest BCUT2D eigenvalue weighted by Gasteiger charge is -2.44. The summed E-state index contributed by atoms with van der Waals surface area (Å²) in [6.45, 7) is -1.31. The Morgan fingerprint density at radius 1 is 0.739 bits per heavy atom. The molecule has 0 saturated carbocycles. The number of carboxylic acid groups (broad SMARTS) is 4. The molecule has 0 atom stereocenters. The molecule has 0 radical (unpaired) electrons. The van der Waals surface area contributed by atoms with Crippen molar-refractivity contribution in [3.63, 3.8) is 0 Å². The molecular weight excluding hydrogens is 320 g/mol. The summed E-state index contributed by atoms with van der Waals surface area (Å²) < 4.78 is 4.98. The van der Waals surface area contributed by atoms with Crippen LogP contribution in [0.3, 0.4) is 0 Å². The van der Waals surface area contributed by atoms with E-state index in [0.717, 1.165) is 0 Å². The number of ether oxygens (including phenoxy) is 1. The van der Waals surface area contributed by atoms with E-state index in [1.54, 1.807) is 0 Å². The molecule has 0 rings (SSSR count). The van der Waals surface area contributed by atoms with Gasteiger partial charge in [0.1, 0.15) is 11.2 Å². The minimum atomic E-state index is -2.82. The van der Waals surface area contributed by atoms with Gasteiger partial charge in [-0.2, -0.15) is 0 Å². The molecule has 6 N–H and O–H groups in total. The molecule has 0 amide bonds. The smallest absolute Gasteiger partial charge is 0.306 e. The molecule has 23 heavy (non-hydrogen) atoms. The van der Waals surface area contributed by atoms with Crippen molar-refractivity contribution in [1.82, 2.24) is 0 Å². The first-order valence-electron chi connectivity index (χ1n) is 6.32. The fraction of sp³-hybridized carbons (Fsp3) is 0.667. The van der Waals surface area contributed by atoms with Crippen molar-refractivity contribution in [2.75, 3.05) is 13.2 Å². The normalized spacial score (nSPS) is 11.9. The van der Waals surface area contributed by atoms with Gasteiger partial charge < -0.3 is 35.4 Å². The molecule has 0 bridgehead atoms. The Morgan fingerprint density at radius 2 is 1.09 bits per heavy atom. The highest BCUT2D eigenvalue weighted by molar-refractivity contribution is 5.77. The Hall–Kier alpha value is -2.24. The number of hydrogen-bond acceptors (Lipinski definition) is 7. The summed E-state index contributed by atoms with van der Waals surface area (Å²) >= 11 is 0. The van der Waals surface area contributed by atoms with Crippen LogP contribution >= 0.6 is 0 Å². The van der Waals surface area contributed by atoms with Gasteiger partial charge in [-0.3, -0.25) is 19.2 Å². The molecule has 0 aliphatic rings. The molecule has 0 aromatic heterocycles. The molecule has 0 heterocycles. The molecule has 0 saturated heterocycles. The lowest BCUT2D eigenvalue weighted by atomic mass is 9.73.